The number of guanidine groups is 1. The molecule has 40 nitrogen and oxygen atoms in total. The summed E-state index contributed by atoms with van der Waals surface area (Å²) in [5.74, 6) is -15.7. The van der Waals surface area contributed by atoms with Gasteiger partial charge in [-0.2, -0.15) is 23.5 Å². The van der Waals surface area contributed by atoms with E-state index in [0.717, 1.165) is 4.90 Å². The maximum atomic E-state index is 15.7. The highest BCUT2D eigenvalue weighted by molar-refractivity contribution is 7.98. The number of fused-ring (bicyclic) bond motifs is 1. The van der Waals surface area contributed by atoms with Gasteiger partial charge in [0.15, 0.2) is 5.96 Å². The Hall–Kier alpha value is -11.1. The highest BCUT2D eigenvalue weighted by Gasteiger charge is 2.46. The molecule has 0 saturated carbocycles. The monoisotopic (exact) mass is 1630 g/mol. The molecule has 0 radical (unpaired) electrons. The highest BCUT2D eigenvalue weighted by Crippen LogP contribution is 2.32. The summed E-state index contributed by atoms with van der Waals surface area (Å²) in [7, 11) is 1.49. The van der Waals surface area contributed by atoms with E-state index in [0.29, 0.717) is 57.8 Å². The molecule has 14 amide bonds. The fourth-order valence-electron chi connectivity index (χ4n) is 12.2. The number of carboxylic acids is 1. The Morgan fingerprint density at radius 3 is 1.74 bits per heavy atom. The van der Waals surface area contributed by atoms with E-state index in [1.807, 2.05) is 0 Å². The number of thioether (sulfide) groups is 2. The van der Waals surface area contributed by atoms with E-state index < -0.39 is 211 Å². The second-order valence-corrected chi connectivity index (χ2v) is 29.6. The average Bonchev–Trinajstić information content (AvgIpc) is 1.63. The first kappa shape index (κ1) is 93.5. The van der Waals surface area contributed by atoms with Gasteiger partial charge in [0.1, 0.15) is 77.9 Å². The number of aliphatic hydroxyl groups excluding tert-OH is 1. The zero-order valence-electron chi connectivity index (χ0n) is 64.9. The van der Waals surface area contributed by atoms with Crippen molar-refractivity contribution in [2.75, 3.05) is 50.8 Å². The van der Waals surface area contributed by atoms with Crippen molar-refractivity contribution in [3.8, 4) is 17.0 Å². The first-order valence-electron chi connectivity index (χ1n) is 37.0. The number of carboxylic acid groups (broad SMARTS) is 1. The SMILES string of the molecule is CC[C@H](C)[C@H](NC(=O)[C@@H](N)CCCN=C(N)N)C(=O)N[C@@H](CC(N)=O)C(=O)N[C@@H](CC(N)=O)C(=O)N[C@H](C(=O)N1C[C@@H](n2cc(-c3ccc(OC)cc3)nn2)C[C@H]1C(=O)N[C@@H](Cc1c[nH]c2ccccc12)C(=O)N[C@@H](CO)C(=O)N[C@@H](CCC(=O)O)C(=O)N[C@@H](C)C(=O)N[C@@H](CCSC)C(=O)N[C@@H](CCSC)C(N)=O)[C@@H](C)CC. The molecule has 0 aliphatic carbocycles. The normalized spacial score (nSPS) is 16.6. The van der Waals surface area contributed by atoms with E-state index in [-0.39, 0.29) is 57.6 Å². The molecule has 0 unspecified atom stereocenters. The number of aromatic nitrogens is 4. The third-order valence-electron chi connectivity index (χ3n) is 19.2. The number of hydrogen-bond donors (Lipinski definition) is 19. The van der Waals surface area contributed by atoms with Gasteiger partial charge >= 0.3 is 5.97 Å². The van der Waals surface area contributed by atoms with Crippen LogP contribution in [-0.2, 0) is 78.3 Å². The number of para-hydroxylation sites is 1. The predicted octanol–water partition coefficient (Wildman–Crippen LogP) is -4.24. The number of amides is 14. The molecule has 1 aliphatic rings. The van der Waals surface area contributed by atoms with Crippen molar-refractivity contribution in [1.82, 2.24) is 78.0 Å². The lowest BCUT2D eigenvalue weighted by Gasteiger charge is -2.33. The van der Waals surface area contributed by atoms with Gasteiger partial charge < -0.3 is 112 Å². The number of aromatic amines is 1. The molecule has 1 fully saturated rings. The number of hydrogen-bond acceptors (Lipinski definition) is 23. The third kappa shape index (κ3) is 28.5. The van der Waals surface area contributed by atoms with Crippen LogP contribution in [0.5, 0.6) is 5.75 Å². The molecule has 1 saturated heterocycles. The van der Waals surface area contributed by atoms with Gasteiger partial charge in [0, 0.05) is 55.0 Å². The fraction of sp³-hybridized carbons (Fsp3) is 0.556. The number of carbonyl (C=O) groups excluding carboxylic acids is 14. The number of likely N-dealkylation sites (tertiary alicyclic amines) is 1. The Balaban J connectivity index is 1.48. The molecule has 42 heteroatoms. The van der Waals surface area contributed by atoms with Crippen LogP contribution < -0.4 is 92.3 Å². The molecule has 2 aromatic carbocycles. The van der Waals surface area contributed by atoms with Gasteiger partial charge in [-0.15, -0.1) is 5.10 Å². The van der Waals surface area contributed by atoms with E-state index in [9.17, 15) is 67.7 Å². The van der Waals surface area contributed by atoms with Gasteiger partial charge in [0.25, 0.3) is 0 Å². The Morgan fingerprint density at radius 2 is 1.15 bits per heavy atom. The molecular formula is C72H108N22O18S2. The Kier molecular flexibility index (Phi) is 37.8. The molecule has 114 heavy (non-hydrogen) atoms. The van der Waals surface area contributed by atoms with Crippen LogP contribution in [0.2, 0.25) is 0 Å². The number of methoxy groups -OCH3 is 1. The van der Waals surface area contributed by atoms with Gasteiger partial charge in [0.2, 0.25) is 82.7 Å². The van der Waals surface area contributed by atoms with Gasteiger partial charge in [0.05, 0.1) is 44.8 Å². The van der Waals surface area contributed by atoms with Crippen molar-refractivity contribution >= 4 is 129 Å². The Bertz CT molecular complexity index is 4050. The molecule has 0 spiro atoms. The zero-order chi connectivity index (χ0) is 84.6. The summed E-state index contributed by atoms with van der Waals surface area (Å²) in [6, 6.07) is -5.71. The molecule has 15 atom stereocenters. The zero-order valence-corrected chi connectivity index (χ0v) is 66.5. The molecule has 0 bridgehead atoms. The van der Waals surface area contributed by atoms with Crippen LogP contribution in [0.1, 0.15) is 117 Å². The number of primary amides is 3. The van der Waals surface area contributed by atoms with Crippen molar-refractivity contribution < 1.29 is 86.9 Å². The van der Waals surface area contributed by atoms with E-state index >= 15 is 14.4 Å². The quantitative estimate of drug-likeness (QED) is 0.0113. The van der Waals surface area contributed by atoms with Crippen molar-refractivity contribution in [2.24, 2.45) is 51.2 Å². The van der Waals surface area contributed by atoms with Gasteiger partial charge in [-0.05, 0) is 111 Å². The topological polar surface area (TPSA) is 644 Å². The van der Waals surface area contributed by atoms with Crippen LogP contribution in [0.3, 0.4) is 0 Å². The molecule has 4 aromatic rings. The number of aliphatic hydroxyl groups is 1. The fourth-order valence-corrected chi connectivity index (χ4v) is 13.1. The summed E-state index contributed by atoms with van der Waals surface area (Å²) in [4.78, 5) is 216. The summed E-state index contributed by atoms with van der Waals surface area (Å²) >= 11 is 2.77. The first-order valence-corrected chi connectivity index (χ1v) is 39.8. The third-order valence-corrected chi connectivity index (χ3v) is 20.5. The van der Waals surface area contributed by atoms with Crippen LogP contribution in [0.25, 0.3) is 22.2 Å². The van der Waals surface area contributed by atoms with E-state index in [1.165, 1.54) is 42.2 Å². The molecule has 25 N–H and O–H groups in total. The smallest absolute Gasteiger partial charge is 0.303 e. The summed E-state index contributed by atoms with van der Waals surface area (Å²) in [5, 5.41) is 54.9. The number of nitrogens with one attached hydrogen (secondary N) is 11. The number of ether oxygens (including phenoxy) is 1. The molecule has 1 aliphatic heterocycles. The van der Waals surface area contributed by atoms with Crippen molar-refractivity contribution in [3.05, 3.63) is 66.5 Å². The van der Waals surface area contributed by atoms with Gasteiger partial charge in [-0.1, -0.05) is 63.9 Å². The van der Waals surface area contributed by atoms with E-state index in [2.05, 4.69) is 73.5 Å². The molecule has 2 aromatic heterocycles. The summed E-state index contributed by atoms with van der Waals surface area (Å²) in [5.41, 5.74) is 35.7. The summed E-state index contributed by atoms with van der Waals surface area (Å²) < 4.78 is 6.74. The Morgan fingerprint density at radius 1 is 0.623 bits per heavy atom. The average molecular weight is 1630 g/mol. The minimum atomic E-state index is -1.94. The minimum Gasteiger partial charge on any atom is -0.497 e. The summed E-state index contributed by atoms with van der Waals surface area (Å²) in [6.45, 7) is 6.52. The van der Waals surface area contributed by atoms with Crippen LogP contribution in [-0.4, -0.2) is 253 Å². The number of aliphatic imine (C=N–C) groups is 1. The number of carbonyl (C=O) groups is 15. The molecular weight excluding hydrogens is 1530 g/mol. The standard InChI is InChI=1S/C72H108N22O18S2/c1-9-36(3)58(89-62(102)44(73)15-13-25-79-72(77)78)70(110)87-50(30-55(74)96)66(106)85-51(31-56(75)97)67(107)90-59(37(4)10-2)71(111)93-33-41(94-34-52(91-92-94)39-17-19-42(112-6)20-18-39)29-54(93)69(109)86-49(28-40-32-80-45-16-12-11-14-43(40)45)65(105)88-53(35-95)68(108)84-47(21-22-57(98)99)63(103)81-38(5)61(101)83-48(24-27-114-8)64(104)82-46(60(76)100)23-26-113-7/h11-12,14,16-20,32,34,36-38,41,44,46-51,53-54,58-59,80,95H,9-10,13,15,21-31,33,35,73H2,1-8H3,(H2,74,96)(H2,75,97)(H2,76,100)(H,81,103)(H,82,104)(H,83,101)(H,84,108)(H,85,106)(H,86,109)(H,87,110)(H,88,105)(H,89,102)(H,90,107)(H,98,99)(H4,77,78,79)/t36-,37-,38-,41-,44-,46-,47-,48-,49-,50-,51-,53-,54-,58-,59-/m0/s1. The van der Waals surface area contributed by atoms with Crippen molar-refractivity contribution in [2.45, 2.75) is 190 Å². The van der Waals surface area contributed by atoms with Gasteiger partial charge in [-0.25, -0.2) is 4.68 Å². The minimum absolute atomic E-state index is 0.0867. The van der Waals surface area contributed by atoms with E-state index in [1.54, 1.807) is 101 Å². The lowest BCUT2D eigenvalue weighted by Crippen LogP contribution is -2.62. The van der Waals surface area contributed by atoms with Crippen molar-refractivity contribution in [1.29, 1.82) is 0 Å². The van der Waals surface area contributed by atoms with E-state index in [4.69, 9.17) is 39.1 Å². The van der Waals surface area contributed by atoms with Crippen LogP contribution >= 0.6 is 23.5 Å². The maximum absolute atomic E-state index is 15.7. The first-order chi connectivity index (χ1) is 54.1. The number of nitrogens with zero attached hydrogens (tertiary/aromatic N) is 5. The molecule has 3 heterocycles. The second-order valence-electron chi connectivity index (χ2n) is 27.7. The maximum Gasteiger partial charge on any atom is 0.303 e. The largest absolute Gasteiger partial charge is 0.497 e. The number of aliphatic carboxylic acids is 1. The number of H-pyrrole nitrogens is 1. The van der Waals surface area contributed by atoms with Crippen LogP contribution in [0.15, 0.2) is 65.9 Å². The number of nitrogens with two attached hydrogens (primary N) is 6. The lowest BCUT2D eigenvalue weighted by atomic mass is 9.96. The summed E-state index contributed by atoms with van der Waals surface area (Å²) in [6.07, 6.45) is 4.14. The number of rotatable bonds is 49. The predicted molar refractivity (Wildman–Crippen MR) is 422 cm³/mol. The van der Waals surface area contributed by atoms with Crippen molar-refractivity contribution in [3.63, 3.8) is 0 Å². The molecule has 5 rings (SSSR count). The van der Waals surface area contributed by atoms with Gasteiger partial charge in [-0.3, -0.25) is 76.9 Å². The van der Waals surface area contributed by atoms with Crippen LogP contribution in [0, 0.1) is 11.8 Å². The molecule has 626 valence electrons. The lowest BCUT2D eigenvalue weighted by molar-refractivity contribution is -0.144. The highest BCUT2D eigenvalue weighted by atomic mass is 32.2. The van der Waals surface area contributed by atoms with Crippen LogP contribution in [0.4, 0.5) is 0 Å². The number of benzene rings is 2. The Labute approximate surface area is 666 Å². The second kappa shape index (κ2) is 46.1.